The highest BCUT2D eigenvalue weighted by atomic mass is 15.4. The third kappa shape index (κ3) is 1.05. The van der Waals surface area contributed by atoms with Crippen LogP contribution in [0.25, 0.3) is 11.4 Å². The molecule has 0 atom stereocenters. The third-order valence-electron chi connectivity index (χ3n) is 3.89. The maximum Gasteiger partial charge on any atom is 0.426 e. The first-order chi connectivity index (χ1) is 8.42. The third-order valence-corrected chi connectivity index (χ3v) is 3.89. The van der Waals surface area contributed by atoms with Gasteiger partial charge in [0.25, 0.3) is 11.4 Å². The van der Waals surface area contributed by atoms with Crippen molar-refractivity contribution in [3.63, 3.8) is 0 Å². The zero-order valence-corrected chi connectivity index (χ0v) is 9.63. The van der Waals surface area contributed by atoms with Crippen LogP contribution in [0.1, 0.15) is 12.8 Å². The van der Waals surface area contributed by atoms with Gasteiger partial charge in [-0.1, -0.05) is 0 Å². The maximum absolute atomic E-state index is 3.67. The van der Waals surface area contributed by atoms with Gasteiger partial charge < -0.3 is 0 Å². The topological polar surface area (TPSA) is 19.8 Å². The number of pyridine rings is 2. The molecule has 17 heavy (non-hydrogen) atoms. The van der Waals surface area contributed by atoms with E-state index in [2.05, 4.69) is 63.2 Å². The van der Waals surface area contributed by atoms with Crippen molar-refractivity contribution in [3.05, 3.63) is 48.8 Å². The second-order valence-electron chi connectivity index (χ2n) is 4.76. The molecule has 1 saturated heterocycles. The molecule has 0 saturated carbocycles. The van der Waals surface area contributed by atoms with Crippen molar-refractivity contribution in [2.75, 3.05) is 6.54 Å². The molecule has 2 aromatic rings. The molecule has 3 heteroatoms. The summed E-state index contributed by atoms with van der Waals surface area (Å²) in [5.41, 5.74) is 2.59. The van der Waals surface area contributed by atoms with Gasteiger partial charge in [0.15, 0.2) is 12.4 Å². The van der Waals surface area contributed by atoms with Gasteiger partial charge >= 0.3 is 5.79 Å². The minimum Gasteiger partial charge on any atom is -0.195 e. The number of hydrogen-bond donors (Lipinski definition) is 1. The summed E-state index contributed by atoms with van der Waals surface area (Å²) in [6.45, 7) is 1.09. The highest BCUT2D eigenvalue weighted by molar-refractivity contribution is 5.47. The Kier molecular flexibility index (Phi) is 1.72. The molecule has 0 unspecified atom stereocenters. The van der Waals surface area contributed by atoms with Crippen LogP contribution < -0.4 is 14.5 Å². The smallest absolute Gasteiger partial charge is 0.195 e. The van der Waals surface area contributed by atoms with Gasteiger partial charge in [0.1, 0.15) is 0 Å². The van der Waals surface area contributed by atoms with Crippen molar-refractivity contribution in [2.24, 2.45) is 0 Å². The molecule has 0 aliphatic carbocycles. The zero-order chi connectivity index (χ0) is 11.3. The van der Waals surface area contributed by atoms with Crippen LogP contribution in [0, 0.1) is 0 Å². The second kappa shape index (κ2) is 3.14. The van der Waals surface area contributed by atoms with Crippen LogP contribution in [0.15, 0.2) is 48.8 Å². The Labute approximate surface area is 100 Å². The lowest BCUT2D eigenvalue weighted by Crippen LogP contribution is -2.74. The van der Waals surface area contributed by atoms with E-state index in [0.29, 0.717) is 0 Å². The fourth-order valence-corrected chi connectivity index (χ4v) is 3.19. The predicted octanol–water partition coefficient (Wildman–Crippen LogP) is 0.784. The van der Waals surface area contributed by atoms with Gasteiger partial charge in [-0.15, -0.1) is 9.13 Å². The summed E-state index contributed by atoms with van der Waals surface area (Å²) < 4.78 is 4.74. The molecule has 0 aromatic carbocycles. The quantitative estimate of drug-likeness (QED) is 0.657. The zero-order valence-electron chi connectivity index (χ0n) is 9.63. The summed E-state index contributed by atoms with van der Waals surface area (Å²) in [7, 11) is 0. The van der Waals surface area contributed by atoms with Gasteiger partial charge in [-0.25, -0.2) is 0 Å². The number of hydrogen-bond acceptors (Lipinski definition) is 1. The monoisotopic (exact) mass is 225 g/mol. The highest BCUT2D eigenvalue weighted by Crippen LogP contribution is 2.26. The van der Waals surface area contributed by atoms with Crippen LogP contribution in [-0.2, 0) is 5.79 Å². The minimum absolute atomic E-state index is 0.0623. The molecule has 1 fully saturated rings. The molecule has 0 bridgehead atoms. The minimum atomic E-state index is -0.0623. The molecule has 84 valence electrons. The van der Waals surface area contributed by atoms with Crippen LogP contribution >= 0.6 is 0 Å². The molecule has 1 N–H and O–H groups in total. The van der Waals surface area contributed by atoms with Crippen LogP contribution in [0.3, 0.4) is 0 Å². The first kappa shape index (κ1) is 9.31. The summed E-state index contributed by atoms with van der Waals surface area (Å²) in [4.78, 5) is 0. The molecule has 4 rings (SSSR count). The van der Waals surface area contributed by atoms with Crippen molar-refractivity contribution in [1.82, 2.24) is 5.32 Å². The van der Waals surface area contributed by atoms with E-state index in [4.69, 9.17) is 0 Å². The van der Waals surface area contributed by atoms with E-state index in [9.17, 15) is 0 Å². The van der Waals surface area contributed by atoms with Gasteiger partial charge in [-0.3, -0.25) is 0 Å². The highest BCUT2D eigenvalue weighted by Gasteiger charge is 2.60. The molecule has 3 nitrogen and oxygen atoms in total. The second-order valence-corrected chi connectivity index (χ2v) is 4.76. The van der Waals surface area contributed by atoms with Gasteiger partial charge in [0.2, 0.25) is 0 Å². The van der Waals surface area contributed by atoms with E-state index in [-0.39, 0.29) is 5.79 Å². The van der Waals surface area contributed by atoms with Crippen molar-refractivity contribution < 1.29 is 9.13 Å². The lowest BCUT2D eigenvalue weighted by molar-refractivity contribution is -0.967. The Morgan fingerprint density at radius 3 is 2.12 bits per heavy atom. The molecule has 2 aliphatic heterocycles. The maximum atomic E-state index is 3.67. The van der Waals surface area contributed by atoms with E-state index >= 15 is 0 Å². The molecule has 0 amide bonds. The van der Waals surface area contributed by atoms with Crippen molar-refractivity contribution in [3.8, 4) is 11.4 Å². The summed E-state index contributed by atoms with van der Waals surface area (Å²) in [6.07, 6.45) is 6.74. The first-order valence-electron chi connectivity index (χ1n) is 6.20. The van der Waals surface area contributed by atoms with Gasteiger partial charge in [0, 0.05) is 30.8 Å². The SMILES string of the molecule is c1cc[n+]2c(c1)-c1cccc[n+]1C21CCCN1. The largest absolute Gasteiger partial charge is 0.426 e. The van der Waals surface area contributed by atoms with Crippen LogP contribution in [0.4, 0.5) is 0 Å². The van der Waals surface area contributed by atoms with E-state index < -0.39 is 0 Å². The van der Waals surface area contributed by atoms with E-state index in [1.165, 1.54) is 17.8 Å². The molecule has 2 aromatic heterocycles. The average Bonchev–Trinajstić information content (AvgIpc) is 2.98. The Hall–Kier alpha value is -1.74. The number of aromatic nitrogens is 2. The molecular weight excluding hydrogens is 210 g/mol. The molecular formula is C14H15N3+2. The van der Waals surface area contributed by atoms with Crippen LogP contribution in [-0.4, -0.2) is 6.54 Å². The Morgan fingerprint density at radius 2 is 1.59 bits per heavy atom. The Bertz CT molecular complexity index is 538. The summed E-state index contributed by atoms with van der Waals surface area (Å²) in [5, 5.41) is 3.67. The Morgan fingerprint density at radius 1 is 0.941 bits per heavy atom. The Balaban J connectivity index is 2.09. The fraction of sp³-hybridized carbons (Fsp3) is 0.286. The lowest BCUT2D eigenvalue weighted by atomic mass is 10.2. The fourth-order valence-electron chi connectivity index (χ4n) is 3.19. The number of fused-ring (bicyclic) bond motifs is 5. The van der Waals surface area contributed by atoms with Crippen molar-refractivity contribution in [1.29, 1.82) is 0 Å². The van der Waals surface area contributed by atoms with Crippen LogP contribution in [0.5, 0.6) is 0 Å². The van der Waals surface area contributed by atoms with Crippen molar-refractivity contribution in [2.45, 2.75) is 18.6 Å². The van der Waals surface area contributed by atoms with E-state index in [1.54, 1.807) is 0 Å². The lowest BCUT2D eigenvalue weighted by Gasteiger charge is -2.12. The number of nitrogens with zero attached hydrogens (tertiary/aromatic N) is 2. The predicted molar refractivity (Wildman–Crippen MR) is 62.9 cm³/mol. The molecule has 2 aliphatic rings. The van der Waals surface area contributed by atoms with Gasteiger partial charge in [-0.2, -0.15) is 5.32 Å². The van der Waals surface area contributed by atoms with Gasteiger partial charge in [0.05, 0.1) is 6.42 Å². The normalized spacial score (nSPS) is 19.3. The molecule has 1 spiro atoms. The first-order valence-corrected chi connectivity index (χ1v) is 6.20. The summed E-state index contributed by atoms with van der Waals surface area (Å²) in [6, 6.07) is 12.8. The standard InChI is InChI=1S/C14H15N3/c1-3-10-16-12(6-1)13-7-2-4-11-17(13)14(16)8-5-9-15-14/h1-4,6-7,10-11,15H,5,8-9H2/q+2. The van der Waals surface area contributed by atoms with E-state index in [0.717, 1.165) is 13.0 Å². The number of rotatable bonds is 0. The van der Waals surface area contributed by atoms with Crippen molar-refractivity contribution >= 4 is 0 Å². The molecule has 4 heterocycles. The van der Waals surface area contributed by atoms with Crippen LogP contribution in [0.2, 0.25) is 0 Å². The summed E-state index contributed by atoms with van der Waals surface area (Å²) in [5.74, 6) is -0.0623. The average molecular weight is 225 g/mol. The number of nitrogens with one attached hydrogen (secondary N) is 1. The van der Waals surface area contributed by atoms with Gasteiger partial charge in [-0.05, 0) is 18.6 Å². The molecule has 0 radical (unpaired) electrons. The summed E-state index contributed by atoms with van der Waals surface area (Å²) >= 11 is 0. The van der Waals surface area contributed by atoms with E-state index in [1.807, 2.05) is 0 Å².